The van der Waals surface area contributed by atoms with Crippen molar-refractivity contribution >= 4 is 23.9 Å². The standard InChI is InChI=1S/2C6H10O3.Zn/c2*1-3-5(7)9-6(8)4-2;/h2*3-4H2,1-2H3;/q;;+2. The van der Waals surface area contributed by atoms with Crippen molar-refractivity contribution in [3.8, 4) is 0 Å². The molecule has 0 atom stereocenters. The average molecular weight is 326 g/mol. The van der Waals surface area contributed by atoms with Gasteiger partial charge in [-0.15, -0.1) is 0 Å². The summed E-state index contributed by atoms with van der Waals surface area (Å²) >= 11 is 0. The zero-order valence-electron chi connectivity index (χ0n) is 12.0. The van der Waals surface area contributed by atoms with Crippen molar-refractivity contribution in [1.29, 1.82) is 0 Å². The topological polar surface area (TPSA) is 86.7 Å². The Morgan fingerprint density at radius 2 is 0.737 bits per heavy atom. The molecule has 0 aromatic carbocycles. The first kappa shape index (κ1) is 23.0. The van der Waals surface area contributed by atoms with Crippen LogP contribution >= 0.6 is 0 Å². The number of ether oxygens (including phenoxy) is 2. The van der Waals surface area contributed by atoms with Crippen LogP contribution in [0.3, 0.4) is 0 Å². The van der Waals surface area contributed by atoms with Gasteiger partial charge in [-0.1, -0.05) is 27.7 Å². The van der Waals surface area contributed by atoms with Crippen molar-refractivity contribution in [3.63, 3.8) is 0 Å². The number of carbonyl (C=O) groups excluding carboxylic acids is 4. The van der Waals surface area contributed by atoms with Gasteiger partial charge in [0, 0.05) is 25.7 Å². The first-order valence-corrected chi connectivity index (χ1v) is 5.88. The molecule has 0 heterocycles. The summed E-state index contributed by atoms with van der Waals surface area (Å²) in [6.45, 7) is 6.58. The molecule has 7 heteroatoms. The van der Waals surface area contributed by atoms with E-state index in [4.69, 9.17) is 0 Å². The molecule has 19 heavy (non-hydrogen) atoms. The fourth-order valence-corrected chi connectivity index (χ4v) is 0.543. The molecule has 0 unspecified atom stereocenters. The van der Waals surface area contributed by atoms with Crippen molar-refractivity contribution in [2.24, 2.45) is 0 Å². The number of hydrogen-bond acceptors (Lipinski definition) is 6. The number of carbonyl (C=O) groups is 4. The van der Waals surface area contributed by atoms with Gasteiger partial charge >= 0.3 is 43.4 Å². The van der Waals surface area contributed by atoms with Gasteiger partial charge < -0.3 is 9.47 Å². The largest absolute Gasteiger partial charge is 2.00 e. The molecule has 0 aliphatic heterocycles. The van der Waals surface area contributed by atoms with Crippen molar-refractivity contribution in [1.82, 2.24) is 0 Å². The molecular weight excluding hydrogens is 306 g/mol. The maximum absolute atomic E-state index is 10.3. The fraction of sp³-hybridized carbons (Fsp3) is 0.667. The monoisotopic (exact) mass is 324 g/mol. The third-order valence-electron chi connectivity index (χ3n) is 1.61. The first-order valence-electron chi connectivity index (χ1n) is 5.88. The second-order valence-electron chi connectivity index (χ2n) is 3.11. The predicted octanol–water partition coefficient (Wildman–Crippen LogP) is 1.75. The molecule has 0 aromatic rings. The summed E-state index contributed by atoms with van der Waals surface area (Å²) in [5.74, 6) is -1.83. The van der Waals surface area contributed by atoms with Gasteiger partial charge in [0.25, 0.3) is 0 Å². The SMILES string of the molecule is CCC(=O)OC(=O)CC.CCC(=O)OC(=O)CC.[Zn+2]. The van der Waals surface area contributed by atoms with Gasteiger partial charge in [0.05, 0.1) is 0 Å². The van der Waals surface area contributed by atoms with Crippen LogP contribution in [-0.4, -0.2) is 23.9 Å². The van der Waals surface area contributed by atoms with Gasteiger partial charge in [-0.05, 0) is 0 Å². The van der Waals surface area contributed by atoms with Gasteiger partial charge in [0.2, 0.25) is 0 Å². The van der Waals surface area contributed by atoms with E-state index in [9.17, 15) is 19.2 Å². The normalized spacial score (nSPS) is 8.21. The Balaban J connectivity index is -0.000000256. The van der Waals surface area contributed by atoms with E-state index >= 15 is 0 Å². The zero-order valence-corrected chi connectivity index (χ0v) is 15.0. The molecule has 0 fully saturated rings. The number of hydrogen-bond donors (Lipinski definition) is 0. The van der Waals surface area contributed by atoms with Gasteiger partial charge in [0.1, 0.15) is 0 Å². The van der Waals surface area contributed by atoms with Crippen LogP contribution in [0.4, 0.5) is 0 Å². The summed E-state index contributed by atoms with van der Waals surface area (Å²) < 4.78 is 8.54. The summed E-state index contributed by atoms with van der Waals surface area (Å²) in [6, 6.07) is 0. The molecular formula is C12H20O6Zn+2. The average Bonchev–Trinajstić information content (AvgIpc) is 2.38. The van der Waals surface area contributed by atoms with Gasteiger partial charge in [-0.25, -0.2) is 0 Å². The summed E-state index contributed by atoms with van der Waals surface area (Å²) in [4.78, 5) is 41.4. The van der Waals surface area contributed by atoms with Gasteiger partial charge in [-0.2, -0.15) is 0 Å². The summed E-state index contributed by atoms with van der Waals surface area (Å²) in [5, 5.41) is 0. The first-order chi connectivity index (χ1) is 8.40. The molecule has 0 aliphatic rings. The Hall–Kier alpha value is -1.10. The molecule has 0 aliphatic carbocycles. The Bertz CT molecular complexity index is 243. The van der Waals surface area contributed by atoms with Crippen molar-refractivity contribution < 1.29 is 48.1 Å². The molecule has 104 valence electrons. The van der Waals surface area contributed by atoms with Crippen LogP contribution in [-0.2, 0) is 48.1 Å². The summed E-state index contributed by atoms with van der Waals surface area (Å²) in [5.41, 5.74) is 0. The minimum Gasteiger partial charge on any atom is -0.393 e. The van der Waals surface area contributed by atoms with E-state index in [1.807, 2.05) is 0 Å². The van der Waals surface area contributed by atoms with E-state index in [1.165, 1.54) is 0 Å². The number of rotatable bonds is 4. The Morgan fingerprint density at radius 1 is 0.579 bits per heavy atom. The zero-order chi connectivity index (χ0) is 14.6. The van der Waals surface area contributed by atoms with Crippen molar-refractivity contribution in [2.45, 2.75) is 53.4 Å². The van der Waals surface area contributed by atoms with Crippen LogP contribution in [0, 0.1) is 0 Å². The van der Waals surface area contributed by atoms with Crippen LogP contribution in [0.5, 0.6) is 0 Å². The molecule has 0 rings (SSSR count). The Labute approximate surface area is 126 Å². The van der Waals surface area contributed by atoms with E-state index in [0.29, 0.717) is 0 Å². The van der Waals surface area contributed by atoms with Crippen LogP contribution in [0.15, 0.2) is 0 Å². The smallest absolute Gasteiger partial charge is 0.393 e. The van der Waals surface area contributed by atoms with Crippen molar-refractivity contribution in [2.75, 3.05) is 0 Å². The van der Waals surface area contributed by atoms with Crippen LogP contribution in [0.1, 0.15) is 53.4 Å². The fourth-order valence-electron chi connectivity index (χ4n) is 0.543. The molecule has 0 bridgehead atoms. The van der Waals surface area contributed by atoms with Gasteiger partial charge in [0.15, 0.2) is 0 Å². The molecule has 0 spiro atoms. The van der Waals surface area contributed by atoms with Crippen LogP contribution < -0.4 is 0 Å². The maximum Gasteiger partial charge on any atom is 2.00 e. The number of esters is 4. The Morgan fingerprint density at radius 3 is 0.842 bits per heavy atom. The minimum absolute atomic E-state index is 0. The van der Waals surface area contributed by atoms with Crippen molar-refractivity contribution in [3.05, 3.63) is 0 Å². The Kier molecular flexibility index (Phi) is 18.1. The maximum atomic E-state index is 10.3. The third-order valence-corrected chi connectivity index (χ3v) is 1.61. The molecule has 0 radical (unpaired) electrons. The van der Waals surface area contributed by atoms with Crippen LogP contribution in [0.2, 0.25) is 0 Å². The third kappa shape index (κ3) is 16.9. The summed E-state index contributed by atoms with van der Waals surface area (Å²) in [7, 11) is 0. The quantitative estimate of drug-likeness (QED) is 0.444. The molecule has 0 aromatic heterocycles. The molecule has 0 amide bonds. The molecule has 0 saturated heterocycles. The minimum atomic E-state index is -0.457. The van der Waals surface area contributed by atoms with E-state index in [0.717, 1.165) is 0 Å². The molecule has 0 N–H and O–H groups in total. The second kappa shape index (κ2) is 15.0. The predicted molar refractivity (Wildman–Crippen MR) is 63.4 cm³/mol. The second-order valence-corrected chi connectivity index (χ2v) is 3.11. The molecule has 0 saturated carbocycles. The van der Waals surface area contributed by atoms with E-state index in [1.54, 1.807) is 27.7 Å². The van der Waals surface area contributed by atoms with E-state index < -0.39 is 23.9 Å². The molecule has 6 nitrogen and oxygen atoms in total. The van der Waals surface area contributed by atoms with Gasteiger partial charge in [-0.3, -0.25) is 19.2 Å². The summed E-state index contributed by atoms with van der Waals surface area (Å²) in [6.07, 6.45) is 1.02. The van der Waals surface area contributed by atoms with E-state index in [2.05, 4.69) is 9.47 Å². The van der Waals surface area contributed by atoms with Crippen LogP contribution in [0.25, 0.3) is 0 Å². The van der Waals surface area contributed by atoms with E-state index in [-0.39, 0.29) is 45.2 Å².